The van der Waals surface area contributed by atoms with Gasteiger partial charge in [0.05, 0.1) is 21.9 Å². The van der Waals surface area contributed by atoms with Crippen molar-refractivity contribution in [3.05, 3.63) is 96.2 Å². The zero-order chi connectivity index (χ0) is 23.8. The van der Waals surface area contributed by atoms with E-state index in [0.717, 1.165) is 0 Å². The maximum Gasteiger partial charge on any atom is 0.345 e. The molecule has 34 heavy (non-hydrogen) atoms. The molecule has 166 valence electrons. The molecule has 0 radical (unpaired) electrons. The third kappa shape index (κ3) is 4.39. The van der Waals surface area contributed by atoms with Gasteiger partial charge in [-0.25, -0.2) is 9.78 Å². The van der Waals surface area contributed by atoms with Crippen LogP contribution in [0.25, 0.3) is 45.2 Å². The summed E-state index contributed by atoms with van der Waals surface area (Å²) in [7, 11) is 0. The molecule has 5 nitrogen and oxygen atoms in total. The lowest BCUT2D eigenvalue weighted by molar-refractivity contribution is 0.563. The summed E-state index contributed by atoms with van der Waals surface area (Å²) in [6, 6.07) is 17.4. The van der Waals surface area contributed by atoms with Crippen molar-refractivity contribution < 1.29 is 8.83 Å². The van der Waals surface area contributed by atoms with Gasteiger partial charge >= 0.3 is 5.63 Å². The fourth-order valence-corrected chi connectivity index (χ4v) is 4.69. The Balaban J connectivity index is 1.49. The molecule has 5 aromatic rings. The minimum atomic E-state index is -0.525. The molecule has 9 heteroatoms. The van der Waals surface area contributed by atoms with Gasteiger partial charge < -0.3 is 8.83 Å². The van der Waals surface area contributed by atoms with E-state index < -0.39 is 5.63 Å². The van der Waals surface area contributed by atoms with E-state index in [2.05, 4.69) is 11.1 Å². The molecular weight excluding hydrogens is 515 g/mol. The second-order valence-electron chi connectivity index (χ2n) is 7.16. The van der Waals surface area contributed by atoms with Crippen LogP contribution in [-0.2, 0) is 0 Å². The highest BCUT2D eigenvalue weighted by Crippen LogP contribution is 2.33. The van der Waals surface area contributed by atoms with E-state index in [9.17, 15) is 10.1 Å². The van der Waals surface area contributed by atoms with Gasteiger partial charge in [0.1, 0.15) is 28.2 Å². The molecule has 0 aliphatic rings. The molecule has 3 heterocycles. The number of aromatic nitrogens is 1. The Bertz CT molecular complexity index is 1690. The number of rotatable bonds is 4. The van der Waals surface area contributed by atoms with Crippen molar-refractivity contribution in [1.82, 2.24) is 4.98 Å². The van der Waals surface area contributed by atoms with Crippen LogP contribution in [0, 0.1) is 11.3 Å². The molecule has 0 N–H and O–H groups in total. The van der Waals surface area contributed by atoms with E-state index in [-0.39, 0.29) is 11.1 Å². The van der Waals surface area contributed by atoms with Crippen LogP contribution in [0.3, 0.4) is 0 Å². The third-order valence-corrected chi connectivity index (χ3v) is 6.61. The number of furan rings is 1. The Hall–Kier alpha value is -3.34. The van der Waals surface area contributed by atoms with Crippen molar-refractivity contribution in [3.8, 4) is 28.7 Å². The number of fused-ring (bicyclic) bond motifs is 1. The first-order valence-corrected chi connectivity index (χ1v) is 11.8. The summed E-state index contributed by atoms with van der Waals surface area (Å²) in [4.78, 5) is 17.0. The third-order valence-electron chi connectivity index (χ3n) is 4.93. The Morgan fingerprint density at radius 2 is 1.76 bits per heavy atom. The summed E-state index contributed by atoms with van der Waals surface area (Å²) in [6.07, 6.45) is 1.58. The van der Waals surface area contributed by atoms with Gasteiger partial charge in [0.25, 0.3) is 0 Å². The highest BCUT2D eigenvalue weighted by molar-refractivity contribution is 7.11. The van der Waals surface area contributed by atoms with E-state index in [4.69, 9.17) is 43.6 Å². The summed E-state index contributed by atoms with van der Waals surface area (Å²) in [5, 5.41) is 14.1. The first-order chi connectivity index (χ1) is 16.4. The fourth-order valence-electron chi connectivity index (χ4n) is 3.34. The standard InChI is InChI=1S/C25H11Cl3N2O3S/c26-15-2-5-22-13(7-15)9-19(25(31)33-22)21-12-34-24(30-21)14(11-29)8-17-3-6-23(32-17)18-10-16(27)1-4-20(18)28/h1-10,12H. The molecule has 0 fully saturated rings. The second-order valence-corrected chi connectivity index (χ2v) is 9.30. The number of halogens is 3. The first-order valence-electron chi connectivity index (χ1n) is 9.78. The number of nitrogens with zero attached hydrogens (tertiary/aromatic N) is 2. The number of allylic oxidation sites excluding steroid dienone is 1. The molecule has 0 aliphatic heterocycles. The number of nitriles is 1. The molecule has 0 unspecified atom stereocenters. The summed E-state index contributed by atoms with van der Waals surface area (Å²) in [5.74, 6) is 0.961. The zero-order valence-corrected chi connectivity index (χ0v) is 20.1. The van der Waals surface area contributed by atoms with E-state index in [1.54, 1.807) is 66.1 Å². The average Bonchev–Trinajstić information content (AvgIpc) is 3.49. The number of benzene rings is 2. The van der Waals surface area contributed by atoms with Crippen LogP contribution in [0.15, 0.2) is 73.6 Å². The van der Waals surface area contributed by atoms with Crippen LogP contribution < -0.4 is 5.63 Å². The average molecular weight is 526 g/mol. The van der Waals surface area contributed by atoms with Crippen LogP contribution in [0.1, 0.15) is 10.8 Å². The van der Waals surface area contributed by atoms with Gasteiger partial charge in [-0.3, -0.25) is 0 Å². The molecule has 0 aliphatic carbocycles. The van der Waals surface area contributed by atoms with E-state index in [1.165, 1.54) is 11.3 Å². The number of hydrogen-bond acceptors (Lipinski definition) is 6. The van der Waals surface area contributed by atoms with Crippen LogP contribution in [-0.4, -0.2) is 4.98 Å². The fraction of sp³-hybridized carbons (Fsp3) is 0. The van der Waals surface area contributed by atoms with Gasteiger partial charge in [0.15, 0.2) is 0 Å². The van der Waals surface area contributed by atoms with Crippen molar-refractivity contribution in [1.29, 1.82) is 5.26 Å². The predicted octanol–water partition coefficient (Wildman–Crippen LogP) is 8.20. The monoisotopic (exact) mass is 524 g/mol. The van der Waals surface area contributed by atoms with Crippen molar-refractivity contribution in [2.75, 3.05) is 0 Å². The minimum Gasteiger partial charge on any atom is -0.457 e. The Labute approximate surface area is 212 Å². The van der Waals surface area contributed by atoms with E-state index in [0.29, 0.717) is 53.8 Å². The lowest BCUT2D eigenvalue weighted by Crippen LogP contribution is -2.02. The molecule has 0 bridgehead atoms. The SMILES string of the molecule is N#CC(=Cc1ccc(-c2cc(Cl)ccc2Cl)o1)c1nc(-c2cc3cc(Cl)ccc3oc2=O)cs1. The maximum absolute atomic E-state index is 12.5. The van der Waals surface area contributed by atoms with Crippen LogP contribution >= 0.6 is 46.1 Å². The van der Waals surface area contributed by atoms with Gasteiger partial charge in [-0.1, -0.05) is 34.8 Å². The smallest absolute Gasteiger partial charge is 0.345 e. The van der Waals surface area contributed by atoms with Crippen molar-refractivity contribution in [3.63, 3.8) is 0 Å². The highest BCUT2D eigenvalue weighted by Gasteiger charge is 2.15. The summed E-state index contributed by atoms with van der Waals surface area (Å²) in [6.45, 7) is 0. The summed E-state index contributed by atoms with van der Waals surface area (Å²) in [5.41, 5.74) is 1.52. The number of thiazole rings is 1. The summed E-state index contributed by atoms with van der Waals surface area (Å²) >= 11 is 19.6. The Morgan fingerprint density at radius 3 is 2.59 bits per heavy atom. The Kier molecular flexibility index (Phi) is 6.03. The molecule has 0 atom stereocenters. The molecule has 0 amide bonds. The van der Waals surface area contributed by atoms with Crippen molar-refractivity contribution in [2.24, 2.45) is 0 Å². The lowest BCUT2D eigenvalue weighted by Gasteiger charge is -2.01. The summed E-state index contributed by atoms with van der Waals surface area (Å²) < 4.78 is 11.3. The Morgan fingerprint density at radius 1 is 0.971 bits per heavy atom. The second kappa shape index (κ2) is 9.13. The van der Waals surface area contributed by atoms with E-state index in [1.807, 2.05) is 0 Å². The lowest BCUT2D eigenvalue weighted by atomic mass is 10.1. The van der Waals surface area contributed by atoms with Gasteiger partial charge in [-0.2, -0.15) is 5.26 Å². The van der Waals surface area contributed by atoms with Crippen LogP contribution in [0.5, 0.6) is 0 Å². The zero-order valence-electron chi connectivity index (χ0n) is 17.0. The minimum absolute atomic E-state index is 0.280. The van der Waals surface area contributed by atoms with Gasteiger partial charge in [-0.05, 0) is 54.6 Å². The molecule has 0 spiro atoms. The molecule has 0 saturated carbocycles. The van der Waals surface area contributed by atoms with Crippen molar-refractivity contribution in [2.45, 2.75) is 0 Å². The number of hydrogen-bond donors (Lipinski definition) is 0. The highest BCUT2D eigenvalue weighted by atomic mass is 35.5. The van der Waals surface area contributed by atoms with Gasteiger partial charge in [-0.15, -0.1) is 11.3 Å². The molecule has 2 aromatic carbocycles. The van der Waals surface area contributed by atoms with Crippen LogP contribution in [0.2, 0.25) is 15.1 Å². The normalized spacial score (nSPS) is 11.6. The molecular formula is C25H11Cl3N2O3S. The predicted molar refractivity (Wildman–Crippen MR) is 136 cm³/mol. The molecule has 3 aromatic heterocycles. The topological polar surface area (TPSA) is 80.0 Å². The molecule has 5 rings (SSSR count). The quantitative estimate of drug-likeness (QED) is 0.174. The van der Waals surface area contributed by atoms with Gasteiger partial charge in [0, 0.05) is 32.5 Å². The maximum atomic E-state index is 12.5. The van der Waals surface area contributed by atoms with Crippen molar-refractivity contribution >= 4 is 68.8 Å². The van der Waals surface area contributed by atoms with Crippen LogP contribution in [0.4, 0.5) is 0 Å². The van der Waals surface area contributed by atoms with E-state index >= 15 is 0 Å². The molecule has 0 saturated heterocycles. The first kappa shape index (κ1) is 22.5. The largest absolute Gasteiger partial charge is 0.457 e. The van der Waals surface area contributed by atoms with Gasteiger partial charge in [0.2, 0.25) is 0 Å².